The van der Waals surface area contributed by atoms with Crippen molar-refractivity contribution >= 4 is 63.8 Å². The van der Waals surface area contributed by atoms with E-state index in [-0.39, 0.29) is 30.0 Å². The molecule has 0 unspecified atom stereocenters. The van der Waals surface area contributed by atoms with Crippen molar-refractivity contribution in [2.45, 2.75) is 26.7 Å². The minimum absolute atomic E-state index is 0.0878. The Morgan fingerprint density at radius 1 is 0.500 bits per heavy atom. The summed E-state index contributed by atoms with van der Waals surface area (Å²) in [5.41, 5.74) is 7.87. The van der Waals surface area contributed by atoms with Crippen LogP contribution in [-0.2, 0) is 12.8 Å². The third-order valence-electron chi connectivity index (χ3n) is 13.3. The number of rotatable bonds is 17. The average Bonchev–Trinajstić information content (AvgIpc) is 3.11. The van der Waals surface area contributed by atoms with Crippen LogP contribution in [0.1, 0.15) is 43.0 Å². The van der Waals surface area contributed by atoms with Gasteiger partial charge in [0, 0.05) is 98.5 Å². The van der Waals surface area contributed by atoms with Gasteiger partial charge in [0.25, 0.3) is 0 Å². The van der Waals surface area contributed by atoms with Crippen molar-refractivity contribution in [2.75, 3.05) is 42.7 Å². The zero-order valence-corrected chi connectivity index (χ0v) is 48.2. The van der Waals surface area contributed by atoms with Crippen molar-refractivity contribution in [1.29, 1.82) is 0 Å². The number of aromatic nitrogens is 2. The number of carbonyl (C=O) groups is 2. The van der Waals surface area contributed by atoms with Gasteiger partial charge in [0.15, 0.2) is 11.6 Å². The molecule has 1 N–H and O–H groups in total. The fraction of sp³-hybridized carbons (Fsp3) is 0.156. The molecule has 0 fully saturated rings. The molecule has 0 saturated carbocycles. The number of aryl methyl sites for hydroxylation is 2. The Bertz CT molecular complexity index is 4060. The maximum atomic E-state index is 13.4. The van der Waals surface area contributed by atoms with Gasteiger partial charge in [-0.1, -0.05) is 24.3 Å². The number of methoxy groups -OCH3 is 6. The standard InChI is InChI=1S/C32H27NO6.C27H23IO6.C5H5BNO2/c1-19-30(20-10-12-33-13-11-20)29(38-4)18-23-14-24(32(35)39-31(19)23)17-27(34)22-8-9-28(37-3)26(16-22)21-6-5-7-25(15-21)36-2;1-15-25(28)24(33-4)14-18-10-19(27(30)34-26(15)18)13-22(29)17-8-9-23(32-3)21(12-17)16-6-5-7-20(11-16)31-2;8-6-9-5-1-3-7-4-2-5/h5-16,18H,17H2,1-4H3;5-12,14H,13H2,1-4H3;1-4,8H. The Morgan fingerprint density at radius 2 is 0.951 bits per heavy atom. The van der Waals surface area contributed by atoms with Crippen LogP contribution in [0.2, 0.25) is 0 Å². The van der Waals surface area contributed by atoms with E-state index in [0.29, 0.717) is 86.6 Å². The quantitative estimate of drug-likeness (QED) is 0.0389. The number of ether oxygens (including phenoxy) is 6. The highest BCUT2D eigenvalue weighted by atomic mass is 127. The lowest BCUT2D eigenvalue weighted by molar-refractivity contribution is 0.0984. The molecule has 18 heteroatoms. The molecule has 0 atom stereocenters. The molecule has 0 amide bonds. The summed E-state index contributed by atoms with van der Waals surface area (Å²) < 4.78 is 49.7. The Labute approximate surface area is 486 Å². The van der Waals surface area contributed by atoms with Crippen molar-refractivity contribution < 1.29 is 56.5 Å². The van der Waals surface area contributed by atoms with Crippen LogP contribution < -0.4 is 44.3 Å². The van der Waals surface area contributed by atoms with Crippen molar-refractivity contribution in [3.05, 3.63) is 216 Å². The van der Waals surface area contributed by atoms with Crippen LogP contribution in [0.25, 0.3) is 55.3 Å². The minimum atomic E-state index is -0.550. The number of fused-ring (bicyclic) bond motifs is 2. The third-order valence-corrected chi connectivity index (χ3v) is 14.6. The van der Waals surface area contributed by atoms with E-state index in [0.717, 1.165) is 48.1 Å². The molecule has 0 aliphatic rings. The second-order valence-corrected chi connectivity index (χ2v) is 19.3. The van der Waals surface area contributed by atoms with Gasteiger partial charge in [-0.05, 0) is 162 Å². The molecule has 4 aromatic heterocycles. The number of Topliss-reactive ketones (excluding diaryl/α,β-unsaturated/α-hetero) is 2. The van der Waals surface area contributed by atoms with Crippen LogP contribution in [-0.4, -0.2) is 76.9 Å². The number of pyridine rings is 2. The Kier molecular flexibility index (Phi) is 19.6. The van der Waals surface area contributed by atoms with Crippen LogP contribution in [0.5, 0.6) is 40.2 Å². The van der Waals surface area contributed by atoms with Crippen LogP contribution in [0.15, 0.2) is 177 Å². The Hall–Kier alpha value is -9.27. The lowest BCUT2D eigenvalue weighted by Crippen LogP contribution is -2.13. The van der Waals surface area contributed by atoms with Gasteiger partial charge >= 0.3 is 18.9 Å². The van der Waals surface area contributed by atoms with E-state index in [9.17, 15) is 19.2 Å². The number of ketones is 2. The number of benzene rings is 6. The monoisotopic (exact) mass is 1210 g/mol. The lowest BCUT2D eigenvalue weighted by atomic mass is 9.95. The number of carbonyl (C=O) groups excluding carboxylic acids is 2. The molecule has 1 radical (unpaired) electrons. The van der Waals surface area contributed by atoms with Crippen LogP contribution in [0.3, 0.4) is 0 Å². The topological polar surface area (TPSA) is 205 Å². The van der Waals surface area contributed by atoms with Gasteiger partial charge in [0.05, 0.1) is 46.2 Å². The predicted molar refractivity (Wildman–Crippen MR) is 322 cm³/mol. The second-order valence-electron chi connectivity index (χ2n) is 18.2. The third kappa shape index (κ3) is 13.5. The fourth-order valence-corrected chi connectivity index (χ4v) is 9.74. The maximum absolute atomic E-state index is 13.4. The van der Waals surface area contributed by atoms with E-state index in [1.165, 1.54) is 0 Å². The summed E-state index contributed by atoms with van der Waals surface area (Å²) in [5, 5.41) is 9.54. The molecule has 0 spiro atoms. The molecule has 10 rings (SSSR count). The van der Waals surface area contributed by atoms with Crippen molar-refractivity contribution in [3.8, 4) is 73.6 Å². The Balaban J connectivity index is 0.000000187. The van der Waals surface area contributed by atoms with Crippen molar-refractivity contribution in [1.82, 2.24) is 9.97 Å². The van der Waals surface area contributed by atoms with Gasteiger partial charge in [-0.25, -0.2) is 9.59 Å². The Morgan fingerprint density at radius 3 is 1.40 bits per heavy atom. The van der Waals surface area contributed by atoms with Gasteiger partial charge in [-0.2, -0.15) is 0 Å². The smallest absolute Gasteiger partial charge is 0.537 e. The molecular weight excluding hydrogens is 1160 g/mol. The molecule has 0 aliphatic heterocycles. The first-order valence-corrected chi connectivity index (χ1v) is 26.4. The second kappa shape index (κ2) is 27.3. The summed E-state index contributed by atoms with van der Waals surface area (Å²) in [6.07, 6.45) is 6.35. The SMILES string of the molecule is COc1cccc(-c2cc(C(=O)Cc3cc4cc(OC)c(-c5ccncc5)c(C)c4oc3=O)ccc2OC)c1.COc1cccc(-c2cc(C(=O)Cc3cc4cc(OC)c(I)c(C)c4oc3=O)ccc2OC)c1.O[B]Oc1ccncc1. The van der Waals surface area contributed by atoms with Gasteiger partial charge in [-0.15, -0.1) is 0 Å². The number of nitrogens with zero attached hydrogens (tertiary/aromatic N) is 2. The predicted octanol–water partition coefficient (Wildman–Crippen LogP) is 12.1. The molecule has 415 valence electrons. The zero-order valence-electron chi connectivity index (χ0n) is 46.0. The minimum Gasteiger partial charge on any atom is -0.537 e. The molecule has 10 aromatic rings. The summed E-state index contributed by atoms with van der Waals surface area (Å²) in [7, 11) is 10.2. The molecule has 0 saturated heterocycles. The van der Waals surface area contributed by atoms with Crippen LogP contribution in [0.4, 0.5) is 0 Å². The maximum Gasteiger partial charge on any atom is 0.569 e. The summed E-state index contributed by atoms with van der Waals surface area (Å²) in [6.45, 7) is 3.75. The van der Waals surface area contributed by atoms with Crippen LogP contribution >= 0.6 is 22.6 Å². The molecule has 6 aromatic carbocycles. The lowest BCUT2D eigenvalue weighted by Gasteiger charge is -2.14. The molecular formula is C64H55BIN2O14. The number of hydrogen-bond donors (Lipinski definition) is 1. The van der Waals surface area contributed by atoms with Crippen LogP contribution in [0, 0.1) is 17.4 Å². The molecule has 0 bridgehead atoms. The van der Waals surface area contributed by atoms with Gasteiger partial charge in [-0.3, -0.25) is 19.6 Å². The van der Waals surface area contributed by atoms with E-state index in [1.807, 2.05) is 86.6 Å². The highest BCUT2D eigenvalue weighted by molar-refractivity contribution is 14.1. The largest absolute Gasteiger partial charge is 0.569 e. The molecule has 82 heavy (non-hydrogen) atoms. The van der Waals surface area contributed by atoms with Gasteiger partial charge in [0.2, 0.25) is 0 Å². The molecule has 4 heterocycles. The van der Waals surface area contributed by atoms with E-state index >= 15 is 0 Å². The first kappa shape index (κ1) is 58.9. The molecule has 16 nitrogen and oxygen atoms in total. The first-order chi connectivity index (χ1) is 39.7. The highest BCUT2D eigenvalue weighted by Crippen LogP contribution is 2.39. The van der Waals surface area contributed by atoms with E-state index in [4.69, 9.17) is 42.3 Å². The molecule has 0 aliphatic carbocycles. The highest BCUT2D eigenvalue weighted by Gasteiger charge is 2.21. The average molecular weight is 1210 g/mol. The number of hydrogen-bond acceptors (Lipinski definition) is 16. The van der Waals surface area contributed by atoms with Gasteiger partial charge in [0.1, 0.15) is 51.4 Å². The number of halogens is 1. The van der Waals surface area contributed by atoms with E-state index < -0.39 is 11.3 Å². The van der Waals surface area contributed by atoms with E-state index in [1.54, 1.807) is 128 Å². The fourth-order valence-electron chi connectivity index (χ4n) is 9.12. The van der Waals surface area contributed by atoms with Gasteiger partial charge < -0.3 is 46.9 Å². The summed E-state index contributed by atoms with van der Waals surface area (Å²) in [4.78, 5) is 60.1. The van der Waals surface area contributed by atoms with E-state index in [2.05, 4.69) is 37.2 Å². The van der Waals surface area contributed by atoms with Crippen molar-refractivity contribution in [2.24, 2.45) is 0 Å². The summed E-state index contributed by atoms with van der Waals surface area (Å²) in [6, 6.07) is 39.6. The van der Waals surface area contributed by atoms with Crippen molar-refractivity contribution in [3.63, 3.8) is 0 Å². The summed E-state index contributed by atoms with van der Waals surface area (Å²) >= 11 is 2.16. The summed E-state index contributed by atoms with van der Waals surface area (Å²) in [5.74, 6) is 4.13. The first-order valence-electron chi connectivity index (χ1n) is 25.3. The zero-order chi connectivity index (χ0) is 58.5. The normalized spacial score (nSPS) is 10.6.